The quantitative estimate of drug-likeness (QED) is 0.795. The third-order valence-corrected chi connectivity index (χ3v) is 3.36. The normalized spacial score (nSPS) is 10.4. The number of ether oxygens (including phenoxy) is 1. The van der Waals surface area contributed by atoms with Gasteiger partial charge in [0.25, 0.3) is 0 Å². The monoisotopic (exact) mass is 319 g/mol. The highest BCUT2D eigenvalue weighted by atomic mass is 35.5. The highest BCUT2D eigenvalue weighted by Gasteiger charge is 2.04. The van der Waals surface area contributed by atoms with Crippen LogP contribution in [0.2, 0.25) is 0 Å². The van der Waals surface area contributed by atoms with Gasteiger partial charge in [-0.1, -0.05) is 61.9 Å². The molecule has 2 rings (SSSR count). The fraction of sp³-hybridized carbons (Fsp3) is 0.368. The molecule has 1 N–H and O–H groups in total. The SMILES string of the molecule is Cc1ccc(COc2ccccc2CNCC(C)C)cc1.Cl. The number of rotatable bonds is 7. The minimum absolute atomic E-state index is 0. The molecular formula is C19H26ClNO. The first-order valence-electron chi connectivity index (χ1n) is 7.62. The van der Waals surface area contributed by atoms with E-state index in [2.05, 4.69) is 62.5 Å². The van der Waals surface area contributed by atoms with Crippen molar-refractivity contribution in [1.29, 1.82) is 0 Å². The predicted octanol–water partition coefficient (Wildman–Crippen LogP) is 4.74. The number of nitrogens with one attached hydrogen (secondary N) is 1. The number of halogens is 1. The van der Waals surface area contributed by atoms with Gasteiger partial charge in [0.2, 0.25) is 0 Å². The van der Waals surface area contributed by atoms with Crippen LogP contribution < -0.4 is 10.1 Å². The zero-order chi connectivity index (χ0) is 15.1. The molecule has 0 spiro atoms. The van der Waals surface area contributed by atoms with Crippen molar-refractivity contribution >= 4 is 12.4 Å². The highest BCUT2D eigenvalue weighted by Crippen LogP contribution is 2.19. The Morgan fingerprint density at radius 1 is 1.00 bits per heavy atom. The summed E-state index contributed by atoms with van der Waals surface area (Å²) in [5.74, 6) is 1.62. The molecule has 2 nitrogen and oxygen atoms in total. The van der Waals surface area contributed by atoms with E-state index in [-0.39, 0.29) is 12.4 Å². The molecule has 0 atom stereocenters. The largest absolute Gasteiger partial charge is 0.489 e. The summed E-state index contributed by atoms with van der Waals surface area (Å²) in [6.45, 7) is 9.01. The van der Waals surface area contributed by atoms with Gasteiger partial charge in [0.15, 0.2) is 0 Å². The van der Waals surface area contributed by atoms with Crippen molar-refractivity contribution in [2.45, 2.75) is 33.9 Å². The fourth-order valence-corrected chi connectivity index (χ4v) is 2.13. The number of benzene rings is 2. The van der Waals surface area contributed by atoms with Crippen LogP contribution in [0.1, 0.15) is 30.5 Å². The van der Waals surface area contributed by atoms with Gasteiger partial charge in [-0.3, -0.25) is 0 Å². The van der Waals surface area contributed by atoms with Crippen LogP contribution in [0.4, 0.5) is 0 Å². The minimum Gasteiger partial charge on any atom is -0.489 e. The van der Waals surface area contributed by atoms with Crippen LogP contribution >= 0.6 is 12.4 Å². The Morgan fingerprint density at radius 2 is 1.68 bits per heavy atom. The van der Waals surface area contributed by atoms with Gasteiger partial charge in [-0.25, -0.2) is 0 Å². The summed E-state index contributed by atoms with van der Waals surface area (Å²) in [6, 6.07) is 16.7. The molecule has 0 aliphatic heterocycles. The van der Waals surface area contributed by atoms with E-state index in [0.717, 1.165) is 18.8 Å². The Morgan fingerprint density at radius 3 is 2.36 bits per heavy atom. The Labute approximate surface area is 140 Å². The molecule has 0 heterocycles. The molecule has 0 unspecified atom stereocenters. The Bertz CT molecular complexity index is 552. The number of para-hydroxylation sites is 1. The van der Waals surface area contributed by atoms with Crippen LogP contribution in [-0.4, -0.2) is 6.54 Å². The van der Waals surface area contributed by atoms with Crippen LogP contribution in [0.5, 0.6) is 5.75 Å². The molecule has 0 aliphatic carbocycles. The van der Waals surface area contributed by atoms with Crippen molar-refractivity contribution in [1.82, 2.24) is 5.32 Å². The van der Waals surface area contributed by atoms with E-state index in [1.165, 1.54) is 16.7 Å². The first-order chi connectivity index (χ1) is 10.1. The molecule has 0 aromatic heterocycles. The van der Waals surface area contributed by atoms with E-state index in [9.17, 15) is 0 Å². The topological polar surface area (TPSA) is 21.3 Å². The van der Waals surface area contributed by atoms with Gasteiger partial charge in [-0.05, 0) is 31.0 Å². The Hall–Kier alpha value is -1.51. The zero-order valence-corrected chi connectivity index (χ0v) is 14.5. The van der Waals surface area contributed by atoms with Crippen LogP contribution in [0.25, 0.3) is 0 Å². The smallest absolute Gasteiger partial charge is 0.124 e. The maximum Gasteiger partial charge on any atom is 0.124 e. The summed E-state index contributed by atoms with van der Waals surface area (Å²) in [6.07, 6.45) is 0. The van der Waals surface area contributed by atoms with E-state index in [4.69, 9.17) is 4.74 Å². The summed E-state index contributed by atoms with van der Waals surface area (Å²) in [5, 5.41) is 3.47. The van der Waals surface area contributed by atoms with Crippen LogP contribution in [0, 0.1) is 12.8 Å². The average Bonchev–Trinajstić information content (AvgIpc) is 2.47. The lowest BCUT2D eigenvalue weighted by molar-refractivity contribution is 0.302. The molecule has 0 saturated heterocycles. The molecule has 2 aromatic rings. The molecule has 0 aliphatic rings. The van der Waals surface area contributed by atoms with Crippen molar-refractivity contribution < 1.29 is 4.74 Å². The standard InChI is InChI=1S/C19H25NO.ClH/c1-15(2)12-20-13-18-6-4-5-7-19(18)21-14-17-10-8-16(3)9-11-17;/h4-11,15,20H,12-14H2,1-3H3;1H. The Balaban J connectivity index is 0.00000242. The van der Waals surface area contributed by atoms with Gasteiger partial charge in [0.05, 0.1) is 0 Å². The molecular weight excluding hydrogens is 294 g/mol. The fourth-order valence-electron chi connectivity index (χ4n) is 2.13. The summed E-state index contributed by atoms with van der Waals surface area (Å²) < 4.78 is 5.98. The molecule has 2 aromatic carbocycles. The van der Waals surface area contributed by atoms with Gasteiger partial charge in [0, 0.05) is 12.1 Å². The first kappa shape index (κ1) is 18.5. The lowest BCUT2D eigenvalue weighted by atomic mass is 10.1. The third kappa shape index (κ3) is 6.08. The lowest BCUT2D eigenvalue weighted by Crippen LogP contribution is -2.19. The Kier molecular flexibility index (Phi) is 8.00. The van der Waals surface area contributed by atoms with E-state index in [0.29, 0.717) is 12.5 Å². The van der Waals surface area contributed by atoms with Crippen LogP contribution in [-0.2, 0) is 13.2 Å². The first-order valence-corrected chi connectivity index (χ1v) is 7.62. The van der Waals surface area contributed by atoms with Crippen molar-refractivity contribution in [2.24, 2.45) is 5.92 Å². The molecule has 0 radical (unpaired) electrons. The summed E-state index contributed by atoms with van der Waals surface area (Å²) >= 11 is 0. The molecule has 0 amide bonds. The molecule has 0 fully saturated rings. The van der Waals surface area contributed by atoms with Crippen molar-refractivity contribution in [2.75, 3.05) is 6.54 Å². The van der Waals surface area contributed by atoms with Crippen molar-refractivity contribution in [3.8, 4) is 5.75 Å². The molecule has 22 heavy (non-hydrogen) atoms. The van der Waals surface area contributed by atoms with Crippen molar-refractivity contribution in [3.05, 3.63) is 65.2 Å². The van der Waals surface area contributed by atoms with E-state index in [1.54, 1.807) is 0 Å². The second kappa shape index (κ2) is 9.50. The molecule has 0 bridgehead atoms. The number of aryl methyl sites for hydroxylation is 1. The van der Waals surface area contributed by atoms with Crippen LogP contribution in [0.3, 0.4) is 0 Å². The zero-order valence-electron chi connectivity index (χ0n) is 13.6. The number of hydrogen-bond donors (Lipinski definition) is 1. The molecule has 3 heteroatoms. The maximum absolute atomic E-state index is 5.98. The summed E-state index contributed by atoms with van der Waals surface area (Å²) in [7, 11) is 0. The highest BCUT2D eigenvalue weighted by molar-refractivity contribution is 5.85. The van der Waals surface area contributed by atoms with Gasteiger partial charge >= 0.3 is 0 Å². The predicted molar refractivity (Wildman–Crippen MR) is 95.7 cm³/mol. The van der Waals surface area contributed by atoms with Gasteiger partial charge in [-0.15, -0.1) is 12.4 Å². The van der Waals surface area contributed by atoms with Crippen molar-refractivity contribution in [3.63, 3.8) is 0 Å². The second-order valence-electron chi connectivity index (χ2n) is 5.91. The second-order valence-corrected chi connectivity index (χ2v) is 5.91. The minimum atomic E-state index is 0. The van der Waals surface area contributed by atoms with Gasteiger partial charge in [0.1, 0.15) is 12.4 Å². The average molecular weight is 320 g/mol. The van der Waals surface area contributed by atoms with E-state index < -0.39 is 0 Å². The summed E-state index contributed by atoms with van der Waals surface area (Å²) in [5.41, 5.74) is 3.69. The third-order valence-electron chi connectivity index (χ3n) is 3.36. The van der Waals surface area contributed by atoms with Crippen LogP contribution in [0.15, 0.2) is 48.5 Å². The lowest BCUT2D eigenvalue weighted by Gasteiger charge is -2.13. The van der Waals surface area contributed by atoms with E-state index in [1.807, 2.05) is 12.1 Å². The molecule has 120 valence electrons. The molecule has 0 saturated carbocycles. The number of hydrogen-bond acceptors (Lipinski definition) is 2. The summed E-state index contributed by atoms with van der Waals surface area (Å²) in [4.78, 5) is 0. The van der Waals surface area contributed by atoms with Gasteiger partial charge < -0.3 is 10.1 Å². The van der Waals surface area contributed by atoms with E-state index >= 15 is 0 Å². The van der Waals surface area contributed by atoms with Gasteiger partial charge in [-0.2, -0.15) is 0 Å². The maximum atomic E-state index is 5.98.